The highest BCUT2D eigenvalue weighted by molar-refractivity contribution is 6.88. The van der Waals surface area contributed by atoms with Gasteiger partial charge in [-0.1, -0.05) is 49.7 Å². The lowest BCUT2D eigenvalue weighted by molar-refractivity contribution is 0.0934. The molecule has 0 N–H and O–H groups in total. The minimum absolute atomic E-state index is 0.0478. The van der Waals surface area contributed by atoms with Gasteiger partial charge in [0.25, 0.3) is 0 Å². The lowest BCUT2D eigenvalue weighted by Crippen LogP contribution is -2.38. The minimum atomic E-state index is -1.42. The van der Waals surface area contributed by atoms with Crippen molar-refractivity contribution >= 4 is 19.0 Å². The number of carbonyl (C=O) groups is 1. The van der Waals surface area contributed by atoms with Gasteiger partial charge < -0.3 is 0 Å². The first-order valence-corrected chi connectivity index (χ1v) is 11.8. The summed E-state index contributed by atoms with van der Waals surface area (Å²) >= 11 is 0. The van der Waals surface area contributed by atoms with Crippen LogP contribution in [0.3, 0.4) is 0 Å². The van der Waals surface area contributed by atoms with Crippen molar-refractivity contribution in [3.05, 3.63) is 28.8 Å². The first-order chi connectivity index (χ1) is 10.0. The lowest BCUT2D eigenvalue weighted by Gasteiger charge is -2.19. The minimum Gasteiger partial charge on any atom is -0.294 e. The smallest absolute Gasteiger partial charge is 0.167 e. The number of hydrogen-bond acceptors (Lipinski definition) is 1. The van der Waals surface area contributed by atoms with E-state index in [0.29, 0.717) is 5.78 Å². The van der Waals surface area contributed by atoms with Crippen LogP contribution in [0.1, 0.15) is 55.6 Å². The van der Waals surface area contributed by atoms with Crippen LogP contribution in [0.25, 0.3) is 0 Å². The summed E-state index contributed by atoms with van der Waals surface area (Å²) in [6, 6.07) is 4.48. The Morgan fingerprint density at radius 1 is 1.23 bits per heavy atom. The van der Waals surface area contributed by atoms with Crippen molar-refractivity contribution in [1.82, 2.24) is 0 Å². The summed E-state index contributed by atoms with van der Waals surface area (Å²) in [6.45, 7) is 15.5. The molecule has 0 bridgehead atoms. The first-order valence-electron chi connectivity index (χ1n) is 8.27. The van der Waals surface area contributed by atoms with Gasteiger partial charge in [-0.25, -0.2) is 0 Å². The molecule has 2 rings (SSSR count). The average Bonchev–Trinajstić information content (AvgIpc) is 2.71. The summed E-state index contributed by atoms with van der Waals surface area (Å²) in [7, 11) is -1.42. The predicted molar refractivity (Wildman–Crippen MR) is 97.6 cm³/mol. The van der Waals surface area contributed by atoms with Crippen molar-refractivity contribution in [1.29, 1.82) is 0 Å². The Morgan fingerprint density at radius 3 is 2.36 bits per heavy atom. The lowest BCUT2D eigenvalue weighted by atomic mass is 9.95. The van der Waals surface area contributed by atoms with Crippen molar-refractivity contribution in [2.45, 2.75) is 60.2 Å². The van der Waals surface area contributed by atoms with Crippen LogP contribution < -0.4 is 5.19 Å². The van der Waals surface area contributed by atoms with Gasteiger partial charge in [-0.05, 0) is 45.2 Å². The van der Waals surface area contributed by atoms with E-state index in [1.807, 2.05) is 0 Å². The van der Waals surface area contributed by atoms with Gasteiger partial charge in [0.1, 0.15) is 0 Å². The largest absolute Gasteiger partial charge is 0.294 e. The molecule has 2 heteroatoms. The summed E-state index contributed by atoms with van der Waals surface area (Å²) in [5, 5.41) is 1.41. The predicted octanol–water partition coefficient (Wildman–Crippen LogP) is 4.39. The van der Waals surface area contributed by atoms with Crippen LogP contribution in [0.4, 0.5) is 0 Å². The molecule has 0 saturated carbocycles. The standard InChI is InChI=1S/C20H28OSi/c1-8-14-11-16-13-17(22(5,6)7)12-15(18(16)19(14)21)9-10-20(2,3)4/h12-14H,8,11H2,1-7H3. The molecule has 0 radical (unpaired) electrons. The van der Waals surface area contributed by atoms with Gasteiger partial charge in [-0.15, -0.1) is 0 Å². The van der Waals surface area contributed by atoms with E-state index in [1.54, 1.807) is 0 Å². The molecule has 0 heterocycles. The molecule has 0 spiro atoms. The van der Waals surface area contributed by atoms with Crippen molar-refractivity contribution < 1.29 is 4.79 Å². The highest BCUT2D eigenvalue weighted by Crippen LogP contribution is 2.31. The van der Waals surface area contributed by atoms with E-state index in [9.17, 15) is 4.79 Å². The average molecular weight is 313 g/mol. The second-order valence-electron chi connectivity index (χ2n) is 8.48. The molecule has 0 aromatic heterocycles. The fourth-order valence-electron chi connectivity index (χ4n) is 2.83. The van der Waals surface area contributed by atoms with Crippen LogP contribution >= 0.6 is 0 Å². The van der Waals surface area contributed by atoms with Gasteiger partial charge in [0.2, 0.25) is 0 Å². The third-order valence-electron chi connectivity index (χ3n) is 4.23. The zero-order valence-electron chi connectivity index (χ0n) is 15.1. The van der Waals surface area contributed by atoms with E-state index in [-0.39, 0.29) is 11.3 Å². The SMILES string of the molecule is CCC1Cc2cc([Si](C)(C)C)cc(C#CC(C)(C)C)c2C1=O. The Hall–Kier alpha value is -1.33. The van der Waals surface area contributed by atoms with Gasteiger partial charge in [0.05, 0.1) is 8.07 Å². The summed E-state index contributed by atoms with van der Waals surface area (Å²) in [5.41, 5.74) is 3.06. The normalized spacial score (nSPS) is 18.0. The van der Waals surface area contributed by atoms with Crippen molar-refractivity contribution in [3.8, 4) is 11.8 Å². The second-order valence-corrected chi connectivity index (χ2v) is 13.6. The molecule has 0 aliphatic heterocycles. The van der Waals surface area contributed by atoms with Crippen LogP contribution in [-0.2, 0) is 6.42 Å². The first kappa shape index (κ1) is 17.0. The van der Waals surface area contributed by atoms with E-state index < -0.39 is 8.07 Å². The van der Waals surface area contributed by atoms with Gasteiger partial charge >= 0.3 is 0 Å². The Morgan fingerprint density at radius 2 is 1.86 bits per heavy atom. The third kappa shape index (κ3) is 3.52. The summed E-state index contributed by atoms with van der Waals surface area (Å²) in [4.78, 5) is 12.7. The molecule has 0 amide bonds. The fraction of sp³-hybridized carbons (Fsp3) is 0.550. The highest BCUT2D eigenvalue weighted by Gasteiger charge is 2.33. The van der Waals surface area contributed by atoms with E-state index in [0.717, 1.165) is 24.0 Å². The maximum Gasteiger partial charge on any atom is 0.167 e. The summed E-state index contributed by atoms with van der Waals surface area (Å²) in [6.07, 6.45) is 1.81. The topological polar surface area (TPSA) is 17.1 Å². The maximum absolute atomic E-state index is 12.7. The van der Waals surface area contributed by atoms with E-state index >= 15 is 0 Å². The van der Waals surface area contributed by atoms with E-state index in [2.05, 4.69) is 71.3 Å². The summed E-state index contributed by atoms with van der Waals surface area (Å²) < 4.78 is 0. The van der Waals surface area contributed by atoms with E-state index in [1.165, 1.54) is 10.8 Å². The zero-order chi connectivity index (χ0) is 16.7. The van der Waals surface area contributed by atoms with Gasteiger partial charge in [0.15, 0.2) is 5.78 Å². The molecule has 1 unspecified atom stereocenters. The number of Topliss-reactive ketones (excluding diaryl/α,β-unsaturated/α-hetero) is 1. The second kappa shape index (κ2) is 5.70. The molecule has 0 fully saturated rings. The number of hydrogen-bond donors (Lipinski definition) is 0. The molecule has 118 valence electrons. The summed E-state index contributed by atoms with van der Waals surface area (Å²) in [5.74, 6) is 7.10. The van der Waals surface area contributed by atoms with Crippen LogP contribution in [0.2, 0.25) is 19.6 Å². The van der Waals surface area contributed by atoms with Crippen molar-refractivity contribution in [2.75, 3.05) is 0 Å². The Balaban J connectivity index is 2.63. The number of carbonyl (C=O) groups excluding carboxylic acids is 1. The molecule has 1 atom stereocenters. The van der Waals surface area contributed by atoms with E-state index in [4.69, 9.17) is 0 Å². The fourth-order valence-corrected chi connectivity index (χ4v) is 4.02. The third-order valence-corrected chi connectivity index (χ3v) is 6.26. The van der Waals surface area contributed by atoms with Crippen molar-refractivity contribution in [2.24, 2.45) is 11.3 Å². The van der Waals surface area contributed by atoms with Crippen LogP contribution in [0.15, 0.2) is 12.1 Å². The Bertz CT molecular complexity index is 660. The molecule has 1 aliphatic rings. The molecular weight excluding hydrogens is 284 g/mol. The number of benzene rings is 1. The monoisotopic (exact) mass is 312 g/mol. The van der Waals surface area contributed by atoms with Crippen LogP contribution in [-0.4, -0.2) is 13.9 Å². The maximum atomic E-state index is 12.7. The number of fused-ring (bicyclic) bond motifs is 1. The number of rotatable bonds is 2. The molecule has 1 aromatic rings. The molecule has 1 aliphatic carbocycles. The van der Waals surface area contributed by atoms with Gasteiger partial charge in [-0.2, -0.15) is 0 Å². The molecular formula is C20H28OSi. The molecule has 1 nitrogen and oxygen atoms in total. The quantitative estimate of drug-likeness (QED) is 0.584. The van der Waals surface area contributed by atoms with Gasteiger partial charge in [-0.3, -0.25) is 4.79 Å². The molecule has 1 aromatic carbocycles. The van der Waals surface area contributed by atoms with Crippen LogP contribution in [0.5, 0.6) is 0 Å². The zero-order valence-corrected chi connectivity index (χ0v) is 16.1. The Labute approximate surface area is 136 Å². The van der Waals surface area contributed by atoms with Crippen LogP contribution in [0, 0.1) is 23.2 Å². The van der Waals surface area contributed by atoms with Gasteiger partial charge in [0, 0.05) is 22.5 Å². The molecule has 0 saturated heterocycles. The van der Waals surface area contributed by atoms with Crippen molar-refractivity contribution in [3.63, 3.8) is 0 Å². The Kier molecular flexibility index (Phi) is 4.41. The highest BCUT2D eigenvalue weighted by atomic mass is 28.3. The number of ketones is 1. The molecule has 22 heavy (non-hydrogen) atoms.